The van der Waals surface area contributed by atoms with Gasteiger partial charge in [0.05, 0.1) is 15.4 Å². The van der Waals surface area contributed by atoms with Crippen molar-refractivity contribution in [2.45, 2.75) is 6.61 Å². The fourth-order valence-corrected chi connectivity index (χ4v) is 2.27. The molecule has 0 bridgehead atoms. The van der Waals surface area contributed by atoms with Crippen molar-refractivity contribution >= 4 is 40.1 Å². The Hall–Kier alpha value is -1.17. The van der Waals surface area contributed by atoms with Gasteiger partial charge in [-0.25, -0.2) is 0 Å². The minimum Gasteiger partial charge on any atom is -0.488 e. The van der Waals surface area contributed by atoms with E-state index in [0.717, 1.165) is 4.88 Å². The van der Waals surface area contributed by atoms with Crippen molar-refractivity contribution < 1.29 is 4.74 Å². The van der Waals surface area contributed by atoms with Crippen molar-refractivity contribution in [2.75, 3.05) is 0 Å². The monoisotopic (exact) mass is 284 g/mol. The average Bonchev–Trinajstić information content (AvgIpc) is 2.78. The molecular weight excluding hydrogens is 276 g/mol. The quantitative estimate of drug-likeness (QED) is 0.877. The summed E-state index contributed by atoms with van der Waals surface area (Å²) in [6.45, 7) is 0.480. The zero-order valence-corrected chi connectivity index (χ0v) is 11.1. The van der Waals surface area contributed by atoms with Gasteiger partial charge in [-0.05, 0) is 18.2 Å². The van der Waals surface area contributed by atoms with Crippen LogP contribution in [0.2, 0.25) is 5.02 Å². The third-order valence-corrected chi connectivity index (χ3v) is 3.36. The van der Waals surface area contributed by atoms with Crippen LogP contribution in [0.1, 0.15) is 10.4 Å². The Balaban J connectivity index is 2.07. The molecule has 2 rings (SSSR count). The van der Waals surface area contributed by atoms with Crippen LogP contribution in [-0.2, 0) is 6.61 Å². The van der Waals surface area contributed by atoms with Crippen LogP contribution in [0.3, 0.4) is 0 Å². The van der Waals surface area contributed by atoms with E-state index in [1.54, 1.807) is 41.2 Å². The molecule has 0 amide bonds. The lowest BCUT2D eigenvalue weighted by Gasteiger charge is -2.07. The zero-order chi connectivity index (χ0) is 12.3. The van der Waals surface area contributed by atoms with Crippen LogP contribution in [-0.4, -0.2) is 9.97 Å². The highest BCUT2D eigenvalue weighted by Crippen LogP contribution is 2.23. The molecular formula is C11H9ClN2OS2. The second-order valence-electron chi connectivity index (χ2n) is 3.26. The molecule has 1 aromatic heterocycles. The number of nitrogens with zero attached hydrogens (tertiary/aromatic N) is 1. The molecule has 0 saturated carbocycles. The number of hydrogen-bond acceptors (Lipinski definition) is 4. The van der Waals surface area contributed by atoms with Crippen molar-refractivity contribution in [2.24, 2.45) is 5.73 Å². The Morgan fingerprint density at radius 3 is 2.94 bits per heavy atom. The first-order valence-electron chi connectivity index (χ1n) is 4.76. The van der Waals surface area contributed by atoms with Gasteiger partial charge in [0, 0.05) is 11.8 Å². The van der Waals surface area contributed by atoms with E-state index >= 15 is 0 Å². The van der Waals surface area contributed by atoms with E-state index in [0.29, 0.717) is 22.9 Å². The van der Waals surface area contributed by atoms with Crippen molar-refractivity contribution in [3.8, 4) is 5.75 Å². The molecule has 0 saturated heterocycles. The second kappa shape index (κ2) is 5.44. The number of nitrogens with two attached hydrogens (primary N) is 1. The van der Waals surface area contributed by atoms with Crippen molar-refractivity contribution in [1.29, 1.82) is 0 Å². The molecule has 0 aliphatic rings. The summed E-state index contributed by atoms with van der Waals surface area (Å²) < 4.78 is 5.57. The number of ether oxygens (including phenoxy) is 1. The van der Waals surface area contributed by atoms with Gasteiger partial charge in [0.25, 0.3) is 0 Å². The van der Waals surface area contributed by atoms with Crippen LogP contribution >= 0.6 is 35.2 Å². The van der Waals surface area contributed by atoms with E-state index in [9.17, 15) is 0 Å². The number of rotatable bonds is 4. The highest BCUT2D eigenvalue weighted by molar-refractivity contribution is 7.80. The molecule has 3 nitrogen and oxygen atoms in total. The molecule has 6 heteroatoms. The summed E-state index contributed by atoms with van der Waals surface area (Å²) in [7, 11) is 0. The molecule has 0 aliphatic carbocycles. The number of halogens is 1. The van der Waals surface area contributed by atoms with E-state index in [-0.39, 0.29) is 4.99 Å². The summed E-state index contributed by atoms with van der Waals surface area (Å²) >= 11 is 12.4. The Labute approximate surface area is 113 Å². The summed E-state index contributed by atoms with van der Waals surface area (Å²) in [4.78, 5) is 5.30. The van der Waals surface area contributed by atoms with Gasteiger partial charge in [0.1, 0.15) is 17.3 Å². The maximum absolute atomic E-state index is 6.03. The summed E-state index contributed by atoms with van der Waals surface area (Å²) in [6, 6.07) is 5.26. The molecule has 0 unspecified atom stereocenters. The van der Waals surface area contributed by atoms with Crippen molar-refractivity contribution in [1.82, 2.24) is 4.98 Å². The maximum Gasteiger partial charge on any atom is 0.124 e. The first-order chi connectivity index (χ1) is 8.16. The summed E-state index contributed by atoms with van der Waals surface area (Å²) in [6.07, 6.45) is 1.77. The summed E-state index contributed by atoms with van der Waals surface area (Å²) in [5.74, 6) is 0.684. The molecule has 0 fully saturated rings. The van der Waals surface area contributed by atoms with Gasteiger partial charge in [0.15, 0.2) is 0 Å². The van der Waals surface area contributed by atoms with E-state index in [2.05, 4.69) is 4.98 Å². The number of thiazole rings is 1. The van der Waals surface area contributed by atoms with Gasteiger partial charge in [-0.3, -0.25) is 4.98 Å². The highest BCUT2D eigenvalue weighted by Gasteiger charge is 2.05. The zero-order valence-electron chi connectivity index (χ0n) is 8.72. The number of benzene rings is 1. The Morgan fingerprint density at radius 1 is 1.53 bits per heavy atom. The van der Waals surface area contributed by atoms with Crippen LogP contribution in [0.5, 0.6) is 5.75 Å². The third-order valence-electron chi connectivity index (χ3n) is 2.07. The molecule has 0 atom stereocenters. The van der Waals surface area contributed by atoms with Gasteiger partial charge in [0.2, 0.25) is 0 Å². The molecule has 0 radical (unpaired) electrons. The fourth-order valence-electron chi connectivity index (χ4n) is 1.25. The average molecular weight is 285 g/mol. The normalized spacial score (nSPS) is 10.2. The minimum absolute atomic E-state index is 0.281. The maximum atomic E-state index is 6.03. The van der Waals surface area contributed by atoms with Gasteiger partial charge < -0.3 is 10.5 Å². The van der Waals surface area contributed by atoms with Crippen molar-refractivity contribution in [3.05, 3.63) is 45.4 Å². The molecule has 0 spiro atoms. The molecule has 88 valence electrons. The van der Waals surface area contributed by atoms with Crippen LogP contribution < -0.4 is 10.5 Å². The number of hydrogen-bond donors (Lipinski definition) is 1. The van der Waals surface area contributed by atoms with Gasteiger partial charge in [-0.2, -0.15) is 0 Å². The summed E-state index contributed by atoms with van der Waals surface area (Å²) in [5, 5.41) is 0.499. The lowest BCUT2D eigenvalue weighted by atomic mass is 10.2. The standard InChI is InChI=1S/C11H9ClN2OS2/c12-10-3-7(1-2-9(10)11(13)16)15-5-8-4-14-6-17-8/h1-4,6H,5H2,(H2,13,16). The molecule has 2 N–H and O–H groups in total. The molecule has 0 aliphatic heterocycles. The SMILES string of the molecule is NC(=S)c1ccc(OCc2cncs2)cc1Cl. The van der Waals surface area contributed by atoms with Gasteiger partial charge in [-0.15, -0.1) is 11.3 Å². The van der Waals surface area contributed by atoms with Gasteiger partial charge >= 0.3 is 0 Å². The Kier molecular flexibility index (Phi) is 3.93. The lowest BCUT2D eigenvalue weighted by Crippen LogP contribution is -2.09. The van der Waals surface area contributed by atoms with Crippen LogP contribution in [0.4, 0.5) is 0 Å². The minimum atomic E-state index is 0.281. The summed E-state index contributed by atoms with van der Waals surface area (Å²) in [5.41, 5.74) is 7.94. The third kappa shape index (κ3) is 3.15. The van der Waals surface area contributed by atoms with E-state index < -0.39 is 0 Å². The van der Waals surface area contributed by atoms with E-state index in [4.69, 9.17) is 34.3 Å². The second-order valence-corrected chi connectivity index (χ2v) is 5.08. The largest absolute Gasteiger partial charge is 0.488 e. The molecule has 1 aromatic carbocycles. The first kappa shape index (κ1) is 12.3. The van der Waals surface area contributed by atoms with Crippen LogP contribution in [0.15, 0.2) is 29.9 Å². The number of aromatic nitrogens is 1. The lowest BCUT2D eigenvalue weighted by molar-refractivity contribution is 0.309. The molecule has 1 heterocycles. The van der Waals surface area contributed by atoms with Gasteiger partial charge in [-0.1, -0.05) is 23.8 Å². The van der Waals surface area contributed by atoms with Crippen LogP contribution in [0.25, 0.3) is 0 Å². The molecule has 2 aromatic rings. The van der Waals surface area contributed by atoms with Crippen LogP contribution in [0, 0.1) is 0 Å². The predicted molar refractivity (Wildman–Crippen MR) is 73.8 cm³/mol. The van der Waals surface area contributed by atoms with E-state index in [1.165, 1.54) is 0 Å². The van der Waals surface area contributed by atoms with Crippen molar-refractivity contribution in [3.63, 3.8) is 0 Å². The smallest absolute Gasteiger partial charge is 0.124 e. The first-order valence-corrected chi connectivity index (χ1v) is 6.43. The Morgan fingerprint density at radius 2 is 2.35 bits per heavy atom. The van der Waals surface area contributed by atoms with E-state index in [1.807, 2.05) is 0 Å². The highest BCUT2D eigenvalue weighted by atomic mass is 35.5. The Bertz CT molecular complexity index is 528. The predicted octanol–water partition coefficient (Wildman–Crippen LogP) is 3.01. The fraction of sp³-hybridized carbons (Fsp3) is 0.0909. The number of thiocarbonyl (C=S) groups is 1. The topological polar surface area (TPSA) is 48.1 Å². The molecule has 17 heavy (non-hydrogen) atoms.